The maximum absolute atomic E-state index is 12.4. The summed E-state index contributed by atoms with van der Waals surface area (Å²) in [4.78, 5) is 25.3. The molecular weight excluding hydrogens is 420 g/mol. The number of benzene rings is 3. The molecule has 0 amide bonds. The van der Waals surface area contributed by atoms with Crippen molar-refractivity contribution in [3.63, 3.8) is 0 Å². The number of esters is 1. The highest BCUT2D eigenvalue weighted by Crippen LogP contribution is 2.33. The van der Waals surface area contributed by atoms with E-state index in [2.05, 4.69) is 0 Å². The zero-order chi connectivity index (χ0) is 21.3. The fraction of sp³-hybridized carbons (Fsp3) is 0.167. The van der Waals surface area contributed by atoms with Gasteiger partial charge in [-0.3, -0.25) is 4.79 Å². The molecule has 4 nitrogen and oxygen atoms in total. The Morgan fingerprint density at radius 1 is 1.10 bits per heavy atom. The normalized spacial score (nSPS) is 11.2. The van der Waals surface area contributed by atoms with Crippen LogP contribution in [-0.2, 0) is 16.1 Å². The summed E-state index contributed by atoms with van der Waals surface area (Å²) in [5.41, 5.74) is 2.65. The quantitative estimate of drug-likeness (QED) is 0.215. The number of carbonyl (C=O) groups excluding carboxylic acids is 1. The molecule has 0 atom stereocenters. The van der Waals surface area contributed by atoms with E-state index >= 15 is 0 Å². The first kappa shape index (κ1) is 20.5. The smallest absolute Gasteiger partial charge is 0.336 e. The highest BCUT2D eigenvalue weighted by molar-refractivity contribution is 8.00. The minimum atomic E-state index is -0.456. The number of hydrogen-bond acceptors (Lipinski definition) is 5. The van der Waals surface area contributed by atoms with Crippen molar-refractivity contribution in [1.82, 2.24) is 0 Å². The van der Waals surface area contributed by atoms with E-state index in [0.29, 0.717) is 16.2 Å². The van der Waals surface area contributed by atoms with E-state index < -0.39 is 5.63 Å². The van der Waals surface area contributed by atoms with Gasteiger partial charge in [-0.1, -0.05) is 48.0 Å². The molecule has 0 unspecified atom stereocenters. The summed E-state index contributed by atoms with van der Waals surface area (Å²) in [6.45, 7) is 3.88. The molecule has 0 spiro atoms. The molecule has 4 aromatic rings. The minimum Gasteiger partial charge on any atom is -0.460 e. The molecule has 1 aromatic heterocycles. The van der Waals surface area contributed by atoms with E-state index in [4.69, 9.17) is 20.8 Å². The summed E-state index contributed by atoms with van der Waals surface area (Å²) >= 11 is 7.72. The fourth-order valence-electron chi connectivity index (χ4n) is 3.36. The third-order valence-corrected chi connectivity index (χ3v) is 6.41. The number of hydrogen-bond donors (Lipinski definition) is 0. The van der Waals surface area contributed by atoms with Crippen molar-refractivity contribution in [2.75, 3.05) is 5.75 Å². The molecule has 1 heterocycles. The van der Waals surface area contributed by atoms with Gasteiger partial charge in [-0.2, -0.15) is 0 Å². The number of rotatable bonds is 5. The van der Waals surface area contributed by atoms with E-state index in [0.717, 1.165) is 32.2 Å². The average Bonchev–Trinajstić information content (AvgIpc) is 2.73. The van der Waals surface area contributed by atoms with Crippen molar-refractivity contribution in [3.8, 4) is 0 Å². The third kappa shape index (κ3) is 4.09. The van der Waals surface area contributed by atoms with Crippen LogP contribution in [0.5, 0.6) is 0 Å². The Morgan fingerprint density at radius 2 is 1.87 bits per heavy atom. The first-order valence-corrected chi connectivity index (χ1v) is 10.8. The van der Waals surface area contributed by atoms with E-state index in [1.165, 1.54) is 17.8 Å². The predicted molar refractivity (Wildman–Crippen MR) is 121 cm³/mol. The SMILES string of the molecule is Cc1ccc2c(COC(=O)CSc3cccc4cccc(Cl)c34)cc(=O)oc2c1C. The van der Waals surface area contributed by atoms with Gasteiger partial charge in [-0.15, -0.1) is 11.8 Å². The van der Waals surface area contributed by atoms with Crippen LogP contribution < -0.4 is 5.63 Å². The molecule has 0 aliphatic rings. The molecule has 0 bridgehead atoms. The lowest BCUT2D eigenvalue weighted by molar-refractivity contribution is -0.141. The Hall–Kier alpha value is -2.76. The molecule has 152 valence electrons. The second-order valence-electron chi connectivity index (χ2n) is 7.02. The fourth-order valence-corrected chi connectivity index (χ4v) is 4.61. The molecular formula is C24H19ClO4S. The summed E-state index contributed by atoms with van der Waals surface area (Å²) in [5.74, 6) is -0.226. The first-order valence-electron chi connectivity index (χ1n) is 9.42. The van der Waals surface area contributed by atoms with Crippen molar-refractivity contribution in [2.45, 2.75) is 25.3 Å². The molecule has 0 aliphatic heterocycles. The minimum absolute atomic E-state index is 0.0142. The van der Waals surface area contributed by atoms with Gasteiger partial charge >= 0.3 is 11.6 Å². The van der Waals surface area contributed by atoms with E-state index in [-0.39, 0.29) is 18.3 Å². The lowest BCUT2D eigenvalue weighted by Crippen LogP contribution is -2.09. The number of ether oxygens (including phenoxy) is 1. The molecule has 3 aromatic carbocycles. The lowest BCUT2D eigenvalue weighted by atomic mass is 10.0. The molecule has 30 heavy (non-hydrogen) atoms. The van der Waals surface area contributed by atoms with Crippen LogP contribution in [0.2, 0.25) is 5.02 Å². The van der Waals surface area contributed by atoms with E-state index in [1.54, 1.807) is 0 Å². The Bertz CT molecular complexity index is 1320. The molecule has 6 heteroatoms. The van der Waals surface area contributed by atoms with Gasteiger partial charge in [-0.25, -0.2) is 4.79 Å². The van der Waals surface area contributed by atoms with Gasteiger partial charge in [0.25, 0.3) is 0 Å². The Balaban J connectivity index is 1.49. The van der Waals surface area contributed by atoms with E-state index in [1.807, 2.05) is 62.4 Å². The number of fused-ring (bicyclic) bond motifs is 2. The van der Waals surface area contributed by atoms with Crippen molar-refractivity contribution in [2.24, 2.45) is 0 Å². The first-order chi connectivity index (χ1) is 14.4. The third-order valence-electron chi connectivity index (χ3n) is 5.07. The summed E-state index contributed by atoms with van der Waals surface area (Å²) in [6, 6.07) is 16.8. The van der Waals surface area contributed by atoms with Crippen LogP contribution in [-0.4, -0.2) is 11.7 Å². The van der Waals surface area contributed by atoms with Crippen LogP contribution in [0.1, 0.15) is 16.7 Å². The van der Waals surface area contributed by atoms with Crippen LogP contribution >= 0.6 is 23.4 Å². The number of carbonyl (C=O) groups is 1. The van der Waals surface area contributed by atoms with Gasteiger partial charge in [0, 0.05) is 32.3 Å². The van der Waals surface area contributed by atoms with E-state index in [9.17, 15) is 9.59 Å². The summed E-state index contributed by atoms with van der Waals surface area (Å²) in [6.07, 6.45) is 0. The average molecular weight is 439 g/mol. The van der Waals surface area contributed by atoms with Crippen molar-refractivity contribution in [1.29, 1.82) is 0 Å². The van der Waals surface area contributed by atoms with Gasteiger partial charge in [0.1, 0.15) is 12.2 Å². The highest BCUT2D eigenvalue weighted by atomic mass is 35.5. The maximum Gasteiger partial charge on any atom is 0.336 e. The molecule has 0 saturated heterocycles. The van der Waals surface area contributed by atoms with Crippen molar-refractivity contribution in [3.05, 3.63) is 86.7 Å². The van der Waals surface area contributed by atoms with Crippen molar-refractivity contribution >= 4 is 51.1 Å². The van der Waals surface area contributed by atoms with Gasteiger partial charge in [0.2, 0.25) is 0 Å². The van der Waals surface area contributed by atoms with Gasteiger partial charge in [-0.05, 0) is 42.5 Å². The van der Waals surface area contributed by atoms with Crippen LogP contribution in [0.25, 0.3) is 21.7 Å². The lowest BCUT2D eigenvalue weighted by Gasteiger charge is -2.10. The molecule has 4 rings (SSSR count). The summed E-state index contributed by atoms with van der Waals surface area (Å²) in [7, 11) is 0. The monoisotopic (exact) mass is 438 g/mol. The molecule has 0 radical (unpaired) electrons. The summed E-state index contributed by atoms with van der Waals surface area (Å²) in [5, 5.41) is 3.38. The summed E-state index contributed by atoms with van der Waals surface area (Å²) < 4.78 is 10.8. The largest absolute Gasteiger partial charge is 0.460 e. The van der Waals surface area contributed by atoms with Gasteiger partial charge in [0.15, 0.2) is 0 Å². The Morgan fingerprint density at radius 3 is 2.67 bits per heavy atom. The molecule has 0 saturated carbocycles. The van der Waals surface area contributed by atoms with Crippen LogP contribution in [0.4, 0.5) is 0 Å². The van der Waals surface area contributed by atoms with Crippen LogP contribution in [0, 0.1) is 13.8 Å². The van der Waals surface area contributed by atoms with Crippen molar-refractivity contribution < 1.29 is 13.9 Å². The zero-order valence-corrected chi connectivity index (χ0v) is 18.1. The standard InChI is InChI=1S/C24H19ClO4S/c1-14-9-10-18-17(11-21(26)29-24(18)15(14)2)12-28-22(27)13-30-20-8-4-6-16-5-3-7-19(25)23(16)20/h3-11H,12-13H2,1-2H3. The molecule has 0 fully saturated rings. The maximum atomic E-state index is 12.4. The Labute approximate surface area is 182 Å². The Kier molecular flexibility index (Phi) is 5.84. The van der Waals surface area contributed by atoms with Gasteiger partial charge < -0.3 is 9.15 Å². The molecule has 0 aliphatic carbocycles. The predicted octanol–water partition coefficient (Wildman–Crippen LogP) is 6.05. The topological polar surface area (TPSA) is 56.5 Å². The molecule has 0 N–H and O–H groups in total. The van der Waals surface area contributed by atoms with Crippen LogP contribution in [0.3, 0.4) is 0 Å². The van der Waals surface area contributed by atoms with Gasteiger partial charge in [0.05, 0.1) is 5.75 Å². The second kappa shape index (κ2) is 8.54. The second-order valence-corrected chi connectivity index (χ2v) is 8.44. The van der Waals surface area contributed by atoms with Crippen LogP contribution in [0.15, 0.2) is 68.7 Å². The zero-order valence-electron chi connectivity index (χ0n) is 16.5. The highest BCUT2D eigenvalue weighted by Gasteiger charge is 2.13. The number of aryl methyl sites for hydroxylation is 2. The number of halogens is 1. The number of thioether (sulfide) groups is 1.